The topological polar surface area (TPSA) is 28.2 Å². The predicted octanol–water partition coefficient (Wildman–Crippen LogP) is 3.02. The quantitative estimate of drug-likeness (QED) is 0.851. The molecular formula is C9H12Cl3N3. The maximum atomic E-state index is 5.94. The smallest absolute Gasteiger partial charge is 0.150 e. The van der Waals surface area contributed by atoms with Gasteiger partial charge in [-0.1, -0.05) is 34.8 Å². The summed E-state index contributed by atoms with van der Waals surface area (Å²) >= 11 is 17.5. The lowest BCUT2D eigenvalue weighted by molar-refractivity contribution is 0.425. The van der Waals surface area contributed by atoms with Gasteiger partial charge in [0.25, 0.3) is 0 Å². The van der Waals surface area contributed by atoms with Crippen LogP contribution in [0.1, 0.15) is 0 Å². The van der Waals surface area contributed by atoms with Crippen LogP contribution in [0.15, 0.2) is 6.07 Å². The average Bonchev–Trinajstić information content (AvgIpc) is 2.13. The van der Waals surface area contributed by atoms with Crippen molar-refractivity contribution in [1.29, 1.82) is 0 Å². The van der Waals surface area contributed by atoms with Crippen LogP contribution in [-0.2, 0) is 0 Å². The van der Waals surface area contributed by atoms with Crippen LogP contribution in [0.4, 0.5) is 5.82 Å². The van der Waals surface area contributed by atoms with Crippen LogP contribution in [0.5, 0.6) is 0 Å². The summed E-state index contributed by atoms with van der Waals surface area (Å²) in [6.07, 6.45) is 0. The number of nitrogens with zero attached hydrogens (tertiary/aromatic N) is 2. The molecule has 1 rings (SSSR count). The van der Waals surface area contributed by atoms with Crippen molar-refractivity contribution in [2.24, 2.45) is 0 Å². The zero-order chi connectivity index (χ0) is 11.4. The fourth-order valence-electron chi connectivity index (χ4n) is 0.966. The maximum absolute atomic E-state index is 5.94. The molecule has 0 aliphatic carbocycles. The van der Waals surface area contributed by atoms with Crippen molar-refractivity contribution in [3.05, 3.63) is 21.3 Å². The molecule has 3 nitrogen and oxygen atoms in total. The molecule has 1 aromatic heterocycles. The Morgan fingerprint density at radius 1 is 1.27 bits per heavy atom. The van der Waals surface area contributed by atoms with Crippen LogP contribution in [-0.4, -0.2) is 37.1 Å². The summed E-state index contributed by atoms with van der Waals surface area (Å²) in [4.78, 5) is 6.10. The first-order valence-electron chi connectivity index (χ1n) is 4.41. The normalized spacial score (nSPS) is 10.8. The second kappa shape index (κ2) is 5.75. The van der Waals surface area contributed by atoms with Gasteiger partial charge in [-0.2, -0.15) is 0 Å². The van der Waals surface area contributed by atoms with Crippen molar-refractivity contribution in [2.45, 2.75) is 0 Å². The standard InChI is InChI=1S/C9H12Cl3N3/c1-15(2)4-3-13-9-7(11)5-6(10)8(12)14-9/h5H,3-4H2,1-2H3,(H,13,14). The molecule has 0 aliphatic heterocycles. The third-order valence-corrected chi connectivity index (χ3v) is 2.70. The van der Waals surface area contributed by atoms with E-state index in [1.54, 1.807) is 6.07 Å². The van der Waals surface area contributed by atoms with Gasteiger partial charge >= 0.3 is 0 Å². The molecule has 1 aromatic rings. The third-order valence-electron chi connectivity index (χ3n) is 1.74. The Kier molecular flexibility index (Phi) is 4.93. The van der Waals surface area contributed by atoms with Gasteiger partial charge < -0.3 is 10.2 Å². The Bertz CT molecular complexity index is 342. The summed E-state index contributed by atoms with van der Waals surface area (Å²) in [5, 5.41) is 4.18. The van der Waals surface area contributed by atoms with Crippen LogP contribution in [0.2, 0.25) is 15.2 Å². The molecule has 0 fully saturated rings. The molecule has 0 spiro atoms. The minimum Gasteiger partial charge on any atom is -0.367 e. The summed E-state index contributed by atoms with van der Waals surface area (Å²) in [5.74, 6) is 0.563. The van der Waals surface area contributed by atoms with Gasteiger partial charge in [0.1, 0.15) is 11.0 Å². The molecule has 0 saturated heterocycles. The highest BCUT2D eigenvalue weighted by Gasteiger charge is 2.06. The molecule has 0 aromatic carbocycles. The number of rotatable bonds is 4. The molecule has 84 valence electrons. The highest BCUT2D eigenvalue weighted by atomic mass is 35.5. The Balaban J connectivity index is 2.65. The van der Waals surface area contributed by atoms with Gasteiger partial charge in [-0.05, 0) is 20.2 Å². The van der Waals surface area contributed by atoms with Crippen molar-refractivity contribution in [2.75, 3.05) is 32.5 Å². The molecular weight excluding hydrogens is 256 g/mol. The molecule has 0 amide bonds. The van der Waals surface area contributed by atoms with E-state index in [4.69, 9.17) is 34.8 Å². The van der Waals surface area contributed by atoms with Crippen molar-refractivity contribution < 1.29 is 0 Å². The number of hydrogen-bond acceptors (Lipinski definition) is 3. The summed E-state index contributed by atoms with van der Waals surface area (Å²) in [6, 6.07) is 1.58. The summed E-state index contributed by atoms with van der Waals surface area (Å²) in [7, 11) is 3.98. The Morgan fingerprint density at radius 3 is 2.53 bits per heavy atom. The number of halogens is 3. The molecule has 1 heterocycles. The van der Waals surface area contributed by atoms with E-state index in [-0.39, 0.29) is 5.15 Å². The van der Waals surface area contributed by atoms with Crippen molar-refractivity contribution >= 4 is 40.6 Å². The fourth-order valence-corrected chi connectivity index (χ4v) is 1.53. The van der Waals surface area contributed by atoms with Gasteiger partial charge in [-0.25, -0.2) is 4.98 Å². The Labute approximate surface area is 104 Å². The minimum absolute atomic E-state index is 0.258. The first kappa shape index (κ1) is 12.8. The van der Waals surface area contributed by atoms with E-state index in [0.717, 1.165) is 13.1 Å². The molecule has 15 heavy (non-hydrogen) atoms. The van der Waals surface area contributed by atoms with Crippen molar-refractivity contribution in [3.63, 3.8) is 0 Å². The third kappa shape index (κ3) is 4.03. The Hall–Kier alpha value is -0.220. The second-order valence-electron chi connectivity index (χ2n) is 3.32. The molecule has 0 unspecified atom stereocenters. The van der Waals surface area contributed by atoms with Gasteiger partial charge in [0.05, 0.1) is 10.0 Å². The van der Waals surface area contributed by atoms with E-state index in [2.05, 4.69) is 15.2 Å². The fraction of sp³-hybridized carbons (Fsp3) is 0.444. The van der Waals surface area contributed by atoms with Crippen LogP contribution in [0.3, 0.4) is 0 Å². The van der Waals surface area contributed by atoms with Gasteiger partial charge in [0.15, 0.2) is 0 Å². The summed E-state index contributed by atoms with van der Waals surface area (Å²) in [6.45, 7) is 1.63. The van der Waals surface area contributed by atoms with Gasteiger partial charge in [-0.3, -0.25) is 0 Å². The predicted molar refractivity (Wildman–Crippen MR) is 66.3 cm³/mol. The van der Waals surface area contributed by atoms with Crippen LogP contribution < -0.4 is 5.32 Å². The SMILES string of the molecule is CN(C)CCNc1nc(Cl)c(Cl)cc1Cl. The number of likely N-dealkylation sites (N-methyl/N-ethyl adjacent to an activating group) is 1. The molecule has 0 aliphatic rings. The first-order valence-corrected chi connectivity index (χ1v) is 5.54. The van der Waals surface area contributed by atoms with E-state index < -0.39 is 0 Å². The molecule has 0 atom stereocenters. The molecule has 0 bridgehead atoms. The number of hydrogen-bond donors (Lipinski definition) is 1. The highest BCUT2D eigenvalue weighted by Crippen LogP contribution is 2.28. The largest absolute Gasteiger partial charge is 0.367 e. The van der Waals surface area contributed by atoms with E-state index in [9.17, 15) is 0 Å². The first-order chi connectivity index (χ1) is 7.00. The molecule has 0 radical (unpaired) electrons. The van der Waals surface area contributed by atoms with Crippen LogP contribution in [0, 0.1) is 0 Å². The lowest BCUT2D eigenvalue weighted by Gasteiger charge is -2.12. The zero-order valence-electron chi connectivity index (χ0n) is 8.52. The maximum Gasteiger partial charge on any atom is 0.150 e. The number of nitrogens with one attached hydrogen (secondary N) is 1. The van der Waals surface area contributed by atoms with E-state index in [0.29, 0.717) is 15.9 Å². The van der Waals surface area contributed by atoms with E-state index >= 15 is 0 Å². The second-order valence-corrected chi connectivity index (χ2v) is 4.49. The van der Waals surface area contributed by atoms with Gasteiger partial charge in [0, 0.05) is 13.1 Å². The van der Waals surface area contributed by atoms with Crippen LogP contribution in [0.25, 0.3) is 0 Å². The Morgan fingerprint density at radius 2 is 1.93 bits per heavy atom. The van der Waals surface area contributed by atoms with Gasteiger partial charge in [0.2, 0.25) is 0 Å². The average molecular weight is 269 g/mol. The van der Waals surface area contributed by atoms with E-state index in [1.165, 1.54) is 0 Å². The van der Waals surface area contributed by atoms with Crippen molar-refractivity contribution in [1.82, 2.24) is 9.88 Å². The summed E-state index contributed by atoms with van der Waals surface area (Å²) < 4.78 is 0. The molecule has 0 saturated carbocycles. The monoisotopic (exact) mass is 267 g/mol. The minimum atomic E-state index is 0.258. The van der Waals surface area contributed by atoms with Crippen molar-refractivity contribution in [3.8, 4) is 0 Å². The van der Waals surface area contributed by atoms with Crippen LogP contribution >= 0.6 is 34.8 Å². The van der Waals surface area contributed by atoms with Gasteiger partial charge in [-0.15, -0.1) is 0 Å². The lowest BCUT2D eigenvalue weighted by atomic mass is 10.4. The highest BCUT2D eigenvalue weighted by molar-refractivity contribution is 6.42. The summed E-state index contributed by atoms with van der Waals surface area (Å²) in [5.41, 5.74) is 0. The number of anilines is 1. The van der Waals surface area contributed by atoms with E-state index in [1.807, 2.05) is 14.1 Å². The number of pyridine rings is 1. The molecule has 6 heteroatoms. The molecule has 1 N–H and O–H groups in total. The number of aromatic nitrogens is 1. The zero-order valence-corrected chi connectivity index (χ0v) is 10.8. The lowest BCUT2D eigenvalue weighted by Crippen LogP contribution is -2.21.